The Morgan fingerprint density at radius 1 is 1.24 bits per heavy atom. The van der Waals surface area contributed by atoms with Crippen molar-refractivity contribution in [2.75, 3.05) is 6.61 Å². The maximum absolute atomic E-state index is 10.7. The molecule has 1 heterocycles. The molecule has 21 heavy (non-hydrogen) atoms. The standard InChI is InChI=1S/C17H24O4/c1-17(2)20-15(8-10-18)12-16(21-17)9-11-19-13-14-6-4-3-5-7-14/h3-7,10,15-16H,8-9,11-13H2,1-2H3/t15-,16+/m1/s1. The van der Waals surface area contributed by atoms with Crippen LogP contribution in [-0.2, 0) is 25.6 Å². The number of benzene rings is 1. The zero-order valence-electron chi connectivity index (χ0n) is 12.8. The first-order valence-electron chi connectivity index (χ1n) is 7.50. The molecule has 0 bridgehead atoms. The molecule has 4 nitrogen and oxygen atoms in total. The Morgan fingerprint density at radius 3 is 2.67 bits per heavy atom. The second kappa shape index (κ2) is 7.69. The van der Waals surface area contributed by atoms with Crippen LogP contribution in [0.3, 0.4) is 0 Å². The highest BCUT2D eigenvalue weighted by molar-refractivity contribution is 5.50. The van der Waals surface area contributed by atoms with E-state index in [-0.39, 0.29) is 12.2 Å². The van der Waals surface area contributed by atoms with E-state index in [4.69, 9.17) is 14.2 Å². The van der Waals surface area contributed by atoms with Crippen LogP contribution >= 0.6 is 0 Å². The van der Waals surface area contributed by atoms with Crippen molar-refractivity contribution in [1.82, 2.24) is 0 Å². The molecule has 0 aliphatic carbocycles. The second-order valence-electron chi connectivity index (χ2n) is 5.84. The van der Waals surface area contributed by atoms with Gasteiger partial charge in [0.2, 0.25) is 0 Å². The van der Waals surface area contributed by atoms with E-state index in [2.05, 4.69) is 0 Å². The van der Waals surface area contributed by atoms with Gasteiger partial charge in [-0.25, -0.2) is 0 Å². The minimum Gasteiger partial charge on any atom is -0.377 e. The molecule has 1 aliphatic heterocycles. The average molecular weight is 292 g/mol. The normalized spacial score (nSPS) is 24.7. The summed E-state index contributed by atoms with van der Waals surface area (Å²) in [6.07, 6.45) is 2.93. The van der Waals surface area contributed by atoms with Crippen molar-refractivity contribution in [1.29, 1.82) is 0 Å². The summed E-state index contributed by atoms with van der Waals surface area (Å²) in [4.78, 5) is 10.7. The molecule has 2 rings (SSSR count). The maximum atomic E-state index is 10.7. The average Bonchev–Trinajstić information content (AvgIpc) is 2.43. The van der Waals surface area contributed by atoms with Gasteiger partial charge in [0.25, 0.3) is 0 Å². The first-order valence-corrected chi connectivity index (χ1v) is 7.50. The highest BCUT2D eigenvalue weighted by Gasteiger charge is 2.34. The SMILES string of the molecule is CC1(C)O[C@H](CC=O)C[C@H](CCOCc2ccccc2)O1. The smallest absolute Gasteiger partial charge is 0.163 e. The van der Waals surface area contributed by atoms with Crippen molar-refractivity contribution in [3.8, 4) is 0 Å². The molecule has 0 saturated carbocycles. The molecule has 0 spiro atoms. The first-order chi connectivity index (χ1) is 10.1. The van der Waals surface area contributed by atoms with Crippen molar-refractivity contribution in [2.24, 2.45) is 0 Å². The van der Waals surface area contributed by atoms with Gasteiger partial charge in [-0.05, 0) is 25.8 Å². The van der Waals surface area contributed by atoms with Gasteiger partial charge in [0.1, 0.15) is 6.29 Å². The zero-order chi connectivity index (χ0) is 15.1. The third-order valence-corrected chi connectivity index (χ3v) is 3.48. The molecule has 0 unspecified atom stereocenters. The lowest BCUT2D eigenvalue weighted by Crippen LogP contribution is -2.45. The third-order valence-electron chi connectivity index (χ3n) is 3.48. The predicted octanol–water partition coefficient (Wildman–Crippen LogP) is 3.09. The van der Waals surface area contributed by atoms with Gasteiger partial charge in [0, 0.05) is 19.4 Å². The number of hydrogen-bond donors (Lipinski definition) is 0. The van der Waals surface area contributed by atoms with Crippen molar-refractivity contribution in [3.05, 3.63) is 35.9 Å². The molecule has 1 saturated heterocycles. The van der Waals surface area contributed by atoms with E-state index in [0.717, 1.165) is 19.1 Å². The van der Waals surface area contributed by atoms with Crippen molar-refractivity contribution in [2.45, 2.75) is 57.7 Å². The summed E-state index contributed by atoms with van der Waals surface area (Å²) in [6.45, 7) is 5.04. The molecule has 116 valence electrons. The fraction of sp³-hybridized carbons (Fsp3) is 0.588. The predicted molar refractivity (Wildman–Crippen MR) is 79.8 cm³/mol. The summed E-state index contributed by atoms with van der Waals surface area (Å²) >= 11 is 0. The van der Waals surface area contributed by atoms with Gasteiger partial charge in [0.15, 0.2) is 5.79 Å². The van der Waals surface area contributed by atoms with Crippen LogP contribution in [0.25, 0.3) is 0 Å². The minimum absolute atomic E-state index is 0.0506. The lowest BCUT2D eigenvalue weighted by molar-refractivity contribution is -0.300. The summed E-state index contributed by atoms with van der Waals surface area (Å²) in [5, 5.41) is 0. The van der Waals surface area contributed by atoms with E-state index in [1.165, 1.54) is 5.56 Å². The van der Waals surface area contributed by atoms with Crippen LogP contribution in [0.4, 0.5) is 0 Å². The molecule has 4 heteroatoms. The molecule has 0 N–H and O–H groups in total. The van der Waals surface area contributed by atoms with E-state index in [9.17, 15) is 4.79 Å². The van der Waals surface area contributed by atoms with Gasteiger partial charge in [-0.15, -0.1) is 0 Å². The fourth-order valence-corrected chi connectivity index (χ4v) is 2.63. The van der Waals surface area contributed by atoms with Gasteiger partial charge in [0.05, 0.1) is 18.8 Å². The van der Waals surface area contributed by atoms with Crippen LogP contribution in [-0.4, -0.2) is 30.9 Å². The van der Waals surface area contributed by atoms with Crippen LogP contribution in [0, 0.1) is 0 Å². The monoisotopic (exact) mass is 292 g/mol. The number of rotatable bonds is 7. The molecule has 1 fully saturated rings. The minimum atomic E-state index is -0.629. The van der Waals surface area contributed by atoms with Crippen molar-refractivity contribution in [3.63, 3.8) is 0 Å². The van der Waals surface area contributed by atoms with E-state index in [0.29, 0.717) is 19.6 Å². The quantitative estimate of drug-likeness (QED) is 0.572. The Kier molecular flexibility index (Phi) is 5.91. The van der Waals surface area contributed by atoms with E-state index >= 15 is 0 Å². The number of ether oxygens (including phenoxy) is 3. The molecule has 1 aromatic rings. The fourth-order valence-electron chi connectivity index (χ4n) is 2.63. The second-order valence-corrected chi connectivity index (χ2v) is 5.84. The number of carbonyl (C=O) groups is 1. The van der Waals surface area contributed by atoms with Gasteiger partial charge >= 0.3 is 0 Å². The molecule has 1 aromatic carbocycles. The molecule has 0 aromatic heterocycles. The Morgan fingerprint density at radius 2 is 1.95 bits per heavy atom. The molecule has 1 aliphatic rings. The van der Waals surface area contributed by atoms with Crippen molar-refractivity contribution < 1.29 is 19.0 Å². The topological polar surface area (TPSA) is 44.8 Å². The molecule has 0 amide bonds. The Labute approximate surface area is 126 Å². The lowest BCUT2D eigenvalue weighted by Gasteiger charge is -2.40. The summed E-state index contributed by atoms with van der Waals surface area (Å²) in [5.74, 6) is -0.629. The number of aldehydes is 1. The van der Waals surface area contributed by atoms with Crippen molar-refractivity contribution >= 4 is 6.29 Å². The third kappa shape index (κ3) is 5.58. The maximum Gasteiger partial charge on any atom is 0.163 e. The number of carbonyl (C=O) groups excluding carboxylic acids is 1. The van der Waals surface area contributed by atoms with Gasteiger partial charge in [-0.2, -0.15) is 0 Å². The molecular formula is C17H24O4. The number of hydrogen-bond acceptors (Lipinski definition) is 4. The Bertz CT molecular complexity index is 430. The molecule has 0 radical (unpaired) electrons. The zero-order valence-corrected chi connectivity index (χ0v) is 12.8. The van der Waals surface area contributed by atoms with Crippen LogP contribution in [0.2, 0.25) is 0 Å². The highest BCUT2D eigenvalue weighted by Crippen LogP contribution is 2.29. The highest BCUT2D eigenvalue weighted by atomic mass is 16.7. The van der Waals surface area contributed by atoms with Crippen LogP contribution < -0.4 is 0 Å². The lowest BCUT2D eigenvalue weighted by atomic mass is 10.0. The summed E-state index contributed by atoms with van der Waals surface area (Å²) in [5.41, 5.74) is 1.17. The van der Waals surface area contributed by atoms with Crippen LogP contribution in [0.15, 0.2) is 30.3 Å². The first kappa shape index (κ1) is 16.1. The van der Waals surface area contributed by atoms with Gasteiger partial charge < -0.3 is 19.0 Å². The summed E-state index contributed by atoms with van der Waals surface area (Å²) in [7, 11) is 0. The summed E-state index contributed by atoms with van der Waals surface area (Å²) in [6, 6.07) is 10.1. The molecule has 2 atom stereocenters. The Balaban J connectivity index is 1.73. The molecular weight excluding hydrogens is 268 g/mol. The van der Waals surface area contributed by atoms with Gasteiger partial charge in [-0.1, -0.05) is 30.3 Å². The van der Waals surface area contributed by atoms with Crippen LogP contribution in [0.5, 0.6) is 0 Å². The van der Waals surface area contributed by atoms with E-state index in [1.807, 2.05) is 44.2 Å². The van der Waals surface area contributed by atoms with E-state index < -0.39 is 5.79 Å². The van der Waals surface area contributed by atoms with E-state index in [1.54, 1.807) is 0 Å². The largest absolute Gasteiger partial charge is 0.377 e. The van der Waals surface area contributed by atoms with Crippen LogP contribution in [0.1, 0.15) is 38.7 Å². The van der Waals surface area contributed by atoms with Gasteiger partial charge in [-0.3, -0.25) is 0 Å². The summed E-state index contributed by atoms with van der Waals surface area (Å²) < 4.78 is 17.3. The Hall–Kier alpha value is -1.23.